The zero-order valence-corrected chi connectivity index (χ0v) is 11.6. The van der Waals surface area contributed by atoms with Gasteiger partial charge in [-0.1, -0.05) is 12.1 Å². The van der Waals surface area contributed by atoms with Crippen LogP contribution in [0.3, 0.4) is 0 Å². The van der Waals surface area contributed by atoms with Gasteiger partial charge in [0.25, 0.3) is 0 Å². The molecule has 1 aliphatic heterocycles. The predicted molar refractivity (Wildman–Crippen MR) is 76.2 cm³/mol. The Morgan fingerprint density at radius 2 is 2.25 bits per heavy atom. The fourth-order valence-corrected chi connectivity index (χ4v) is 2.31. The van der Waals surface area contributed by atoms with E-state index < -0.39 is 0 Å². The first-order chi connectivity index (χ1) is 9.60. The van der Waals surface area contributed by atoms with Crippen LogP contribution in [0, 0.1) is 0 Å². The van der Waals surface area contributed by atoms with E-state index in [4.69, 9.17) is 10.5 Å². The molecule has 108 valence electrons. The van der Waals surface area contributed by atoms with Gasteiger partial charge in [0.05, 0.1) is 6.61 Å². The minimum Gasteiger partial charge on any atom is -0.466 e. The maximum absolute atomic E-state index is 11.3. The number of carbonyl (C=O) groups is 2. The number of hydrogen-bond acceptors (Lipinski definition) is 4. The van der Waals surface area contributed by atoms with Crippen molar-refractivity contribution in [3.05, 3.63) is 29.3 Å². The largest absolute Gasteiger partial charge is 0.466 e. The summed E-state index contributed by atoms with van der Waals surface area (Å²) >= 11 is 0. The third-order valence-electron chi connectivity index (χ3n) is 3.42. The molecule has 0 bridgehead atoms. The second kappa shape index (κ2) is 6.52. The summed E-state index contributed by atoms with van der Waals surface area (Å²) in [6, 6.07) is 5.61. The first kappa shape index (κ1) is 14.5. The highest BCUT2D eigenvalue weighted by Crippen LogP contribution is 2.26. The minimum absolute atomic E-state index is 0.0526. The number of ether oxygens (including phenoxy) is 1. The monoisotopic (exact) mass is 276 g/mol. The van der Waals surface area contributed by atoms with Crippen LogP contribution in [0.2, 0.25) is 0 Å². The number of esters is 1. The van der Waals surface area contributed by atoms with Crippen LogP contribution in [-0.2, 0) is 20.7 Å². The van der Waals surface area contributed by atoms with Crippen LogP contribution in [0.25, 0.3) is 0 Å². The van der Waals surface area contributed by atoms with Gasteiger partial charge < -0.3 is 15.8 Å². The van der Waals surface area contributed by atoms with Crippen LogP contribution >= 0.6 is 0 Å². The molecule has 1 aliphatic rings. The molecule has 1 unspecified atom stereocenters. The highest BCUT2D eigenvalue weighted by Gasteiger charge is 2.17. The van der Waals surface area contributed by atoms with Gasteiger partial charge in [0, 0.05) is 24.6 Å². The topological polar surface area (TPSA) is 81.4 Å². The Morgan fingerprint density at radius 3 is 3.00 bits per heavy atom. The zero-order chi connectivity index (χ0) is 14.5. The fraction of sp³-hybridized carbons (Fsp3) is 0.467. The number of amides is 1. The van der Waals surface area contributed by atoms with Crippen molar-refractivity contribution in [3.63, 3.8) is 0 Å². The Labute approximate surface area is 118 Å². The Balaban J connectivity index is 1.98. The van der Waals surface area contributed by atoms with Crippen molar-refractivity contribution in [2.24, 2.45) is 5.73 Å². The summed E-state index contributed by atoms with van der Waals surface area (Å²) < 4.78 is 4.89. The van der Waals surface area contributed by atoms with Crippen molar-refractivity contribution in [2.45, 2.75) is 38.6 Å². The first-order valence-corrected chi connectivity index (χ1v) is 6.94. The lowest BCUT2D eigenvalue weighted by molar-refractivity contribution is -0.143. The highest BCUT2D eigenvalue weighted by molar-refractivity contribution is 5.93. The minimum atomic E-state index is -0.215. The summed E-state index contributed by atoms with van der Waals surface area (Å²) in [6.45, 7) is 2.18. The third-order valence-corrected chi connectivity index (χ3v) is 3.42. The van der Waals surface area contributed by atoms with Gasteiger partial charge >= 0.3 is 5.97 Å². The van der Waals surface area contributed by atoms with Gasteiger partial charge in [-0.25, -0.2) is 0 Å². The van der Waals surface area contributed by atoms with E-state index in [1.807, 2.05) is 18.2 Å². The summed E-state index contributed by atoms with van der Waals surface area (Å²) in [6.07, 6.45) is 2.13. The van der Waals surface area contributed by atoms with E-state index in [0.29, 0.717) is 25.9 Å². The van der Waals surface area contributed by atoms with Gasteiger partial charge in [0.15, 0.2) is 0 Å². The zero-order valence-electron chi connectivity index (χ0n) is 11.6. The Morgan fingerprint density at radius 1 is 1.45 bits per heavy atom. The molecule has 5 nitrogen and oxygen atoms in total. The van der Waals surface area contributed by atoms with E-state index in [2.05, 4.69) is 5.32 Å². The van der Waals surface area contributed by atoms with Gasteiger partial charge in [-0.2, -0.15) is 0 Å². The van der Waals surface area contributed by atoms with Gasteiger partial charge in [-0.3, -0.25) is 9.59 Å². The first-order valence-electron chi connectivity index (χ1n) is 6.94. The van der Waals surface area contributed by atoms with E-state index in [-0.39, 0.29) is 17.9 Å². The molecule has 0 saturated carbocycles. The molecule has 0 fully saturated rings. The smallest absolute Gasteiger partial charge is 0.305 e. The Bertz CT molecular complexity index is 514. The maximum Gasteiger partial charge on any atom is 0.305 e. The molecule has 1 atom stereocenters. The molecule has 5 heteroatoms. The van der Waals surface area contributed by atoms with Crippen molar-refractivity contribution in [2.75, 3.05) is 11.9 Å². The fourth-order valence-electron chi connectivity index (χ4n) is 2.31. The lowest BCUT2D eigenvalue weighted by Crippen LogP contribution is -2.20. The number of fused-ring (bicyclic) bond motifs is 1. The van der Waals surface area contributed by atoms with E-state index in [1.165, 1.54) is 0 Å². The highest BCUT2D eigenvalue weighted by atomic mass is 16.5. The lowest BCUT2D eigenvalue weighted by atomic mass is 9.96. The number of carbonyl (C=O) groups excluding carboxylic acids is 2. The van der Waals surface area contributed by atoms with Crippen molar-refractivity contribution in [1.29, 1.82) is 0 Å². The number of rotatable bonds is 5. The van der Waals surface area contributed by atoms with Crippen LogP contribution in [0.15, 0.2) is 18.2 Å². The summed E-state index contributed by atoms with van der Waals surface area (Å²) in [7, 11) is 0. The number of hydrogen-bond donors (Lipinski definition) is 2. The second-order valence-corrected chi connectivity index (χ2v) is 4.91. The summed E-state index contributed by atoms with van der Waals surface area (Å²) in [5.74, 6) is -0.162. The quantitative estimate of drug-likeness (QED) is 0.805. The van der Waals surface area contributed by atoms with Crippen LogP contribution in [0.1, 0.15) is 43.4 Å². The van der Waals surface area contributed by atoms with Crippen molar-refractivity contribution >= 4 is 17.6 Å². The summed E-state index contributed by atoms with van der Waals surface area (Å²) in [5, 5.41) is 2.84. The molecule has 1 amide bonds. The molecule has 0 spiro atoms. The Hall–Kier alpha value is -1.88. The molecule has 0 saturated heterocycles. The molecule has 1 heterocycles. The molecule has 0 radical (unpaired) electrons. The Kier molecular flexibility index (Phi) is 4.74. The summed E-state index contributed by atoms with van der Waals surface area (Å²) in [5.41, 5.74) is 9.06. The summed E-state index contributed by atoms with van der Waals surface area (Å²) in [4.78, 5) is 22.6. The molecular formula is C15H20N2O3. The van der Waals surface area contributed by atoms with Crippen molar-refractivity contribution in [1.82, 2.24) is 0 Å². The molecule has 3 N–H and O–H groups in total. The molecule has 0 aliphatic carbocycles. The average Bonchev–Trinajstić information content (AvgIpc) is 2.44. The average molecular weight is 276 g/mol. The van der Waals surface area contributed by atoms with E-state index in [1.54, 1.807) is 6.92 Å². The van der Waals surface area contributed by atoms with Crippen LogP contribution in [0.5, 0.6) is 0 Å². The number of nitrogens with one attached hydrogen (secondary N) is 1. The molecule has 1 aromatic rings. The van der Waals surface area contributed by atoms with Crippen LogP contribution in [-0.4, -0.2) is 18.5 Å². The van der Waals surface area contributed by atoms with Crippen molar-refractivity contribution < 1.29 is 14.3 Å². The predicted octanol–water partition coefficient (Wildman–Crippen LogP) is 1.91. The van der Waals surface area contributed by atoms with Crippen LogP contribution < -0.4 is 11.1 Å². The lowest BCUT2D eigenvalue weighted by Gasteiger charge is -2.19. The number of anilines is 1. The van der Waals surface area contributed by atoms with E-state index >= 15 is 0 Å². The van der Waals surface area contributed by atoms with Crippen LogP contribution in [0.4, 0.5) is 5.69 Å². The molecule has 2 rings (SSSR count). The number of benzene rings is 1. The second-order valence-electron chi connectivity index (χ2n) is 4.91. The SMILES string of the molecule is CCOC(=O)CCC(N)c1ccc2c(c1)CCC(=O)N2. The molecular weight excluding hydrogens is 256 g/mol. The van der Waals surface area contributed by atoms with Gasteiger partial charge in [0.2, 0.25) is 5.91 Å². The maximum atomic E-state index is 11.3. The standard InChI is InChI=1S/C15H20N2O3/c1-2-20-15(19)8-5-12(16)10-3-6-13-11(9-10)4-7-14(18)17-13/h3,6,9,12H,2,4-5,7-8,16H2,1H3,(H,17,18). The molecule has 0 aromatic heterocycles. The van der Waals surface area contributed by atoms with Crippen molar-refractivity contribution in [3.8, 4) is 0 Å². The van der Waals surface area contributed by atoms with Gasteiger partial charge in [-0.15, -0.1) is 0 Å². The molecule has 20 heavy (non-hydrogen) atoms. The third kappa shape index (κ3) is 3.57. The number of aryl methyl sites for hydroxylation is 1. The number of nitrogens with two attached hydrogens (primary N) is 1. The van der Waals surface area contributed by atoms with E-state index in [0.717, 1.165) is 23.2 Å². The van der Waals surface area contributed by atoms with Gasteiger partial charge in [0.1, 0.15) is 0 Å². The van der Waals surface area contributed by atoms with Gasteiger partial charge in [-0.05, 0) is 37.0 Å². The molecule has 1 aromatic carbocycles. The normalized spacial score (nSPS) is 15.2. The van der Waals surface area contributed by atoms with E-state index in [9.17, 15) is 9.59 Å².